The molecule has 0 spiro atoms. The summed E-state index contributed by atoms with van der Waals surface area (Å²) in [6, 6.07) is -0.0862. The van der Waals surface area contributed by atoms with E-state index in [1.807, 2.05) is 39.6 Å². The molecule has 18 heavy (non-hydrogen) atoms. The molecule has 1 atom stereocenters. The molecule has 0 saturated heterocycles. The maximum absolute atomic E-state index is 11.8. The van der Waals surface area contributed by atoms with Crippen LogP contribution in [0, 0.1) is 6.92 Å². The maximum atomic E-state index is 11.8. The molecule has 0 unspecified atom stereocenters. The SMILES string of the molecule is Cc1noc([C@@H](C)N(C)CC(=O)NC(C)(C)C)n1. The molecule has 0 aliphatic rings. The van der Waals surface area contributed by atoms with Crippen LogP contribution in [0.3, 0.4) is 0 Å². The fourth-order valence-corrected chi connectivity index (χ4v) is 1.49. The van der Waals surface area contributed by atoms with Gasteiger partial charge in [-0.25, -0.2) is 0 Å². The normalized spacial score (nSPS) is 13.7. The Morgan fingerprint density at radius 1 is 1.50 bits per heavy atom. The van der Waals surface area contributed by atoms with Crippen LogP contribution in [0.2, 0.25) is 0 Å². The molecule has 1 aromatic heterocycles. The zero-order valence-corrected chi connectivity index (χ0v) is 11.9. The summed E-state index contributed by atoms with van der Waals surface area (Å²) in [5, 5.41) is 6.66. The lowest BCUT2D eigenvalue weighted by Gasteiger charge is -2.25. The van der Waals surface area contributed by atoms with Crippen LogP contribution >= 0.6 is 0 Å². The highest BCUT2D eigenvalue weighted by molar-refractivity contribution is 5.78. The van der Waals surface area contributed by atoms with E-state index in [1.54, 1.807) is 6.92 Å². The maximum Gasteiger partial charge on any atom is 0.243 e. The Kier molecular flexibility index (Phi) is 4.45. The van der Waals surface area contributed by atoms with Crippen LogP contribution < -0.4 is 5.32 Å². The van der Waals surface area contributed by atoms with Crippen molar-refractivity contribution in [3.63, 3.8) is 0 Å². The van der Waals surface area contributed by atoms with Gasteiger partial charge >= 0.3 is 0 Å². The monoisotopic (exact) mass is 254 g/mol. The molecule has 0 aromatic carbocycles. The van der Waals surface area contributed by atoms with Crippen LogP contribution in [0.1, 0.15) is 45.5 Å². The highest BCUT2D eigenvalue weighted by atomic mass is 16.5. The molecule has 0 radical (unpaired) electrons. The number of likely N-dealkylation sites (N-methyl/N-ethyl adjacent to an activating group) is 1. The predicted octanol–water partition coefficient (Wildman–Crippen LogP) is 1.29. The zero-order valence-electron chi connectivity index (χ0n) is 11.9. The molecule has 0 aliphatic carbocycles. The largest absolute Gasteiger partial charge is 0.350 e. The Hall–Kier alpha value is -1.43. The molecule has 1 rings (SSSR count). The first-order valence-corrected chi connectivity index (χ1v) is 6.00. The minimum atomic E-state index is -0.220. The van der Waals surface area contributed by atoms with Gasteiger partial charge in [0.25, 0.3) is 0 Å². The molecular formula is C12H22N4O2. The standard InChI is InChI=1S/C12H22N4O2/c1-8(11-13-9(2)15-18-11)16(6)7-10(17)14-12(3,4)5/h8H,7H2,1-6H3,(H,14,17)/t8-/m1/s1. The molecule has 0 fully saturated rings. The van der Waals surface area contributed by atoms with E-state index >= 15 is 0 Å². The Morgan fingerprint density at radius 2 is 2.11 bits per heavy atom. The van der Waals surface area contributed by atoms with Gasteiger partial charge in [-0.15, -0.1) is 0 Å². The molecule has 0 saturated carbocycles. The van der Waals surface area contributed by atoms with E-state index in [-0.39, 0.29) is 17.5 Å². The van der Waals surface area contributed by atoms with Crippen molar-refractivity contribution in [1.29, 1.82) is 0 Å². The molecule has 1 aromatic rings. The van der Waals surface area contributed by atoms with Crippen molar-refractivity contribution in [2.75, 3.05) is 13.6 Å². The lowest BCUT2D eigenvalue weighted by atomic mass is 10.1. The van der Waals surface area contributed by atoms with Gasteiger partial charge < -0.3 is 9.84 Å². The van der Waals surface area contributed by atoms with Gasteiger partial charge in [0, 0.05) is 5.54 Å². The molecule has 0 aliphatic heterocycles. The summed E-state index contributed by atoms with van der Waals surface area (Å²) in [5.74, 6) is 1.11. The highest BCUT2D eigenvalue weighted by Gasteiger charge is 2.21. The first kappa shape index (κ1) is 14.6. The predicted molar refractivity (Wildman–Crippen MR) is 68.0 cm³/mol. The van der Waals surface area contributed by atoms with Gasteiger partial charge in [-0.1, -0.05) is 5.16 Å². The summed E-state index contributed by atoms with van der Waals surface area (Å²) in [6.07, 6.45) is 0. The van der Waals surface area contributed by atoms with Gasteiger partial charge in [0.05, 0.1) is 12.6 Å². The number of aryl methyl sites for hydroxylation is 1. The smallest absolute Gasteiger partial charge is 0.243 e. The van der Waals surface area contributed by atoms with E-state index in [2.05, 4.69) is 15.5 Å². The number of carbonyl (C=O) groups excluding carboxylic acids is 1. The first-order chi connectivity index (χ1) is 8.19. The van der Waals surface area contributed by atoms with E-state index in [0.29, 0.717) is 18.3 Å². The van der Waals surface area contributed by atoms with Crippen LogP contribution in [0.15, 0.2) is 4.52 Å². The molecule has 1 N–H and O–H groups in total. The van der Waals surface area contributed by atoms with Gasteiger partial charge in [-0.05, 0) is 41.7 Å². The third-order valence-electron chi connectivity index (χ3n) is 2.47. The van der Waals surface area contributed by atoms with Crippen LogP contribution in [-0.2, 0) is 4.79 Å². The number of nitrogens with one attached hydrogen (secondary N) is 1. The Labute approximate surface area is 108 Å². The van der Waals surface area contributed by atoms with E-state index in [9.17, 15) is 4.79 Å². The number of hydrogen-bond donors (Lipinski definition) is 1. The molecule has 6 heteroatoms. The molecule has 102 valence electrons. The lowest BCUT2D eigenvalue weighted by Crippen LogP contribution is -2.45. The summed E-state index contributed by atoms with van der Waals surface area (Å²) in [4.78, 5) is 17.8. The number of carbonyl (C=O) groups is 1. The average molecular weight is 254 g/mol. The van der Waals surface area contributed by atoms with E-state index < -0.39 is 0 Å². The fraction of sp³-hybridized carbons (Fsp3) is 0.750. The second kappa shape index (κ2) is 5.48. The van der Waals surface area contributed by atoms with Gasteiger partial charge in [0.15, 0.2) is 5.82 Å². The highest BCUT2D eigenvalue weighted by Crippen LogP contribution is 2.15. The van der Waals surface area contributed by atoms with Crippen molar-refractivity contribution in [2.45, 2.75) is 46.2 Å². The van der Waals surface area contributed by atoms with E-state index in [4.69, 9.17) is 4.52 Å². The number of hydrogen-bond acceptors (Lipinski definition) is 5. The zero-order chi connectivity index (χ0) is 13.9. The van der Waals surface area contributed by atoms with Crippen LogP contribution in [0.4, 0.5) is 0 Å². The van der Waals surface area contributed by atoms with Crippen molar-refractivity contribution < 1.29 is 9.32 Å². The van der Waals surface area contributed by atoms with Crippen LogP contribution in [0.25, 0.3) is 0 Å². The number of amides is 1. The second-order valence-corrected chi connectivity index (χ2v) is 5.57. The molecule has 1 heterocycles. The lowest BCUT2D eigenvalue weighted by molar-refractivity contribution is -0.123. The third-order valence-corrected chi connectivity index (χ3v) is 2.47. The Bertz CT molecular complexity index is 408. The van der Waals surface area contributed by atoms with Crippen LogP contribution in [0.5, 0.6) is 0 Å². The van der Waals surface area contributed by atoms with Gasteiger partial charge in [0.2, 0.25) is 11.8 Å². The van der Waals surface area contributed by atoms with Crippen molar-refractivity contribution in [1.82, 2.24) is 20.4 Å². The van der Waals surface area contributed by atoms with E-state index in [1.165, 1.54) is 0 Å². The second-order valence-electron chi connectivity index (χ2n) is 5.57. The number of rotatable bonds is 4. The molecule has 0 bridgehead atoms. The minimum absolute atomic E-state index is 0.0203. The summed E-state index contributed by atoms with van der Waals surface area (Å²) >= 11 is 0. The van der Waals surface area contributed by atoms with Gasteiger partial charge in [0.1, 0.15) is 0 Å². The van der Waals surface area contributed by atoms with Crippen molar-refractivity contribution in [2.24, 2.45) is 0 Å². The quantitative estimate of drug-likeness (QED) is 0.876. The summed E-state index contributed by atoms with van der Waals surface area (Å²) in [6.45, 7) is 9.85. The number of aromatic nitrogens is 2. The van der Waals surface area contributed by atoms with Gasteiger partial charge in [-0.2, -0.15) is 4.98 Å². The minimum Gasteiger partial charge on any atom is -0.350 e. The average Bonchev–Trinajstić information content (AvgIpc) is 2.60. The summed E-state index contributed by atoms with van der Waals surface area (Å²) < 4.78 is 5.10. The molecule has 6 nitrogen and oxygen atoms in total. The Balaban J connectivity index is 2.55. The molecule has 1 amide bonds. The summed E-state index contributed by atoms with van der Waals surface area (Å²) in [7, 11) is 1.85. The number of nitrogens with zero attached hydrogens (tertiary/aromatic N) is 3. The third kappa shape index (κ3) is 4.44. The van der Waals surface area contributed by atoms with Crippen molar-refractivity contribution >= 4 is 5.91 Å². The molecular weight excluding hydrogens is 232 g/mol. The Morgan fingerprint density at radius 3 is 2.56 bits per heavy atom. The topological polar surface area (TPSA) is 71.3 Å². The van der Waals surface area contributed by atoms with Crippen molar-refractivity contribution in [3.8, 4) is 0 Å². The van der Waals surface area contributed by atoms with E-state index in [0.717, 1.165) is 0 Å². The van der Waals surface area contributed by atoms with Crippen LogP contribution in [-0.4, -0.2) is 40.1 Å². The fourth-order valence-electron chi connectivity index (χ4n) is 1.49. The van der Waals surface area contributed by atoms with Crippen molar-refractivity contribution in [3.05, 3.63) is 11.7 Å². The van der Waals surface area contributed by atoms with Gasteiger partial charge in [-0.3, -0.25) is 9.69 Å². The first-order valence-electron chi connectivity index (χ1n) is 6.00. The summed E-state index contributed by atoms with van der Waals surface area (Å²) in [5.41, 5.74) is -0.220.